The fourth-order valence-electron chi connectivity index (χ4n) is 4.30. The number of phenols is 1. The van der Waals surface area contributed by atoms with Crippen LogP contribution in [0.25, 0.3) is 0 Å². The summed E-state index contributed by atoms with van der Waals surface area (Å²) in [6.07, 6.45) is 9.68. The molecule has 0 radical (unpaired) electrons. The molecule has 2 heteroatoms. The minimum absolute atomic E-state index is 0.367. The van der Waals surface area contributed by atoms with Crippen molar-refractivity contribution in [3.63, 3.8) is 0 Å². The Bertz CT molecular complexity index is 422. The van der Waals surface area contributed by atoms with Crippen LogP contribution in [-0.2, 0) is 6.42 Å². The summed E-state index contributed by atoms with van der Waals surface area (Å²) in [5.74, 6) is 1.33. The summed E-state index contributed by atoms with van der Waals surface area (Å²) in [5.41, 5.74) is 1.34. The summed E-state index contributed by atoms with van der Waals surface area (Å²) < 4.78 is 0. The summed E-state index contributed by atoms with van der Waals surface area (Å²) >= 11 is 0. The van der Waals surface area contributed by atoms with Gasteiger partial charge in [0.2, 0.25) is 0 Å². The van der Waals surface area contributed by atoms with Crippen LogP contribution in [0.15, 0.2) is 24.3 Å². The third-order valence-corrected chi connectivity index (χ3v) is 5.32. The van der Waals surface area contributed by atoms with E-state index in [1.807, 2.05) is 0 Å². The van der Waals surface area contributed by atoms with Crippen molar-refractivity contribution >= 4 is 0 Å². The van der Waals surface area contributed by atoms with Crippen LogP contribution >= 0.6 is 0 Å². The van der Waals surface area contributed by atoms with Crippen molar-refractivity contribution < 1.29 is 5.11 Å². The van der Waals surface area contributed by atoms with Crippen molar-refractivity contribution in [3.05, 3.63) is 29.8 Å². The molecule has 1 aromatic rings. The smallest absolute Gasteiger partial charge is 0.115 e. The van der Waals surface area contributed by atoms with Crippen molar-refractivity contribution in [2.75, 3.05) is 6.54 Å². The highest BCUT2D eigenvalue weighted by Crippen LogP contribution is 2.36. The van der Waals surface area contributed by atoms with Crippen LogP contribution in [0, 0.1) is 5.92 Å². The molecule has 0 bridgehead atoms. The number of nitrogens with zero attached hydrogens (tertiary/aromatic N) is 1. The first-order valence-electron chi connectivity index (χ1n) is 8.27. The van der Waals surface area contributed by atoms with Crippen molar-refractivity contribution in [2.24, 2.45) is 5.92 Å². The zero-order valence-electron chi connectivity index (χ0n) is 12.6. The lowest BCUT2D eigenvalue weighted by atomic mass is 9.94. The SMILES string of the molecule is CC(Cc1ccc(O)cc1)N1CCCC1C1CCCC1. The Labute approximate surface area is 122 Å². The van der Waals surface area contributed by atoms with Gasteiger partial charge in [-0.2, -0.15) is 0 Å². The van der Waals surface area contributed by atoms with Crippen molar-refractivity contribution in [3.8, 4) is 5.75 Å². The highest BCUT2D eigenvalue weighted by atomic mass is 16.3. The maximum atomic E-state index is 9.38. The number of rotatable bonds is 4. The van der Waals surface area contributed by atoms with E-state index in [1.54, 1.807) is 12.1 Å². The summed E-state index contributed by atoms with van der Waals surface area (Å²) in [4.78, 5) is 2.77. The van der Waals surface area contributed by atoms with Gasteiger partial charge in [-0.05, 0) is 69.2 Å². The van der Waals surface area contributed by atoms with Crippen LogP contribution in [-0.4, -0.2) is 28.6 Å². The highest BCUT2D eigenvalue weighted by molar-refractivity contribution is 5.26. The molecule has 110 valence electrons. The summed E-state index contributed by atoms with van der Waals surface area (Å²) in [6.45, 7) is 3.65. The van der Waals surface area contributed by atoms with E-state index in [2.05, 4.69) is 24.0 Å². The molecule has 1 heterocycles. The van der Waals surface area contributed by atoms with Gasteiger partial charge in [0.05, 0.1) is 0 Å². The van der Waals surface area contributed by atoms with Gasteiger partial charge in [0.1, 0.15) is 5.75 Å². The number of aromatic hydroxyl groups is 1. The monoisotopic (exact) mass is 273 g/mol. The van der Waals surface area contributed by atoms with Gasteiger partial charge >= 0.3 is 0 Å². The summed E-state index contributed by atoms with van der Waals surface area (Å²) in [6, 6.07) is 9.19. The molecule has 1 aliphatic carbocycles. The molecule has 0 aromatic heterocycles. The Hall–Kier alpha value is -1.02. The number of phenolic OH excluding ortho intramolecular Hbond substituents is 1. The van der Waals surface area contributed by atoms with Gasteiger partial charge < -0.3 is 5.11 Å². The van der Waals surface area contributed by atoms with Gasteiger partial charge in [-0.3, -0.25) is 4.90 Å². The second-order valence-electron chi connectivity index (χ2n) is 6.71. The molecular formula is C18H27NO. The van der Waals surface area contributed by atoms with Gasteiger partial charge in [-0.15, -0.1) is 0 Å². The van der Waals surface area contributed by atoms with E-state index in [-0.39, 0.29) is 0 Å². The fourth-order valence-corrected chi connectivity index (χ4v) is 4.30. The average Bonchev–Trinajstić information content (AvgIpc) is 3.11. The second-order valence-corrected chi connectivity index (χ2v) is 6.71. The Morgan fingerprint density at radius 3 is 2.50 bits per heavy atom. The van der Waals surface area contributed by atoms with Crippen molar-refractivity contribution in [1.82, 2.24) is 4.90 Å². The average molecular weight is 273 g/mol. The van der Waals surface area contributed by atoms with E-state index in [4.69, 9.17) is 0 Å². The molecule has 2 unspecified atom stereocenters. The topological polar surface area (TPSA) is 23.5 Å². The maximum Gasteiger partial charge on any atom is 0.115 e. The van der Waals surface area contributed by atoms with Crippen LogP contribution in [0.4, 0.5) is 0 Å². The molecule has 2 fully saturated rings. The van der Waals surface area contributed by atoms with Crippen LogP contribution in [0.5, 0.6) is 5.75 Å². The lowest BCUT2D eigenvalue weighted by Gasteiger charge is -2.34. The fraction of sp³-hybridized carbons (Fsp3) is 0.667. The minimum atomic E-state index is 0.367. The molecule has 2 aliphatic rings. The highest BCUT2D eigenvalue weighted by Gasteiger charge is 2.35. The van der Waals surface area contributed by atoms with E-state index in [0.717, 1.165) is 18.4 Å². The predicted molar refractivity (Wildman–Crippen MR) is 83.0 cm³/mol. The molecule has 1 saturated carbocycles. The molecule has 3 rings (SSSR count). The molecule has 1 aliphatic heterocycles. The first-order valence-corrected chi connectivity index (χ1v) is 8.27. The van der Waals surface area contributed by atoms with Gasteiger partial charge in [0.15, 0.2) is 0 Å². The number of likely N-dealkylation sites (tertiary alicyclic amines) is 1. The van der Waals surface area contributed by atoms with Crippen LogP contribution < -0.4 is 0 Å². The van der Waals surface area contributed by atoms with Gasteiger partial charge in [0.25, 0.3) is 0 Å². The molecule has 2 atom stereocenters. The van der Waals surface area contributed by atoms with E-state index in [9.17, 15) is 5.11 Å². The maximum absolute atomic E-state index is 9.38. The quantitative estimate of drug-likeness (QED) is 0.897. The first-order chi connectivity index (χ1) is 9.74. The first kappa shape index (κ1) is 13.9. The molecule has 0 amide bonds. The van der Waals surface area contributed by atoms with Gasteiger partial charge in [0, 0.05) is 12.1 Å². The Balaban J connectivity index is 1.63. The zero-order valence-corrected chi connectivity index (χ0v) is 12.6. The molecule has 1 aromatic carbocycles. The summed E-state index contributed by atoms with van der Waals surface area (Å²) in [5, 5.41) is 9.38. The molecular weight excluding hydrogens is 246 g/mol. The van der Waals surface area contributed by atoms with E-state index in [0.29, 0.717) is 11.8 Å². The van der Waals surface area contributed by atoms with E-state index in [1.165, 1.54) is 50.6 Å². The summed E-state index contributed by atoms with van der Waals surface area (Å²) in [7, 11) is 0. The van der Waals surface area contributed by atoms with Crippen LogP contribution in [0.3, 0.4) is 0 Å². The van der Waals surface area contributed by atoms with Crippen LogP contribution in [0.2, 0.25) is 0 Å². The number of benzene rings is 1. The third kappa shape index (κ3) is 3.01. The molecule has 2 nitrogen and oxygen atoms in total. The van der Waals surface area contributed by atoms with Crippen LogP contribution in [0.1, 0.15) is 51.0 Å². The Morgan fingerprint density at radius 2 is 1.80 bits per heavy atom. The number of hydrogen-bond acceptors (Lipinski definition) is 2. The van der Waals surface area contributed by atoms with Crippen molar-refractivity contribution in [1.29, 1.82) is 0 Å². The zero-order chi connectivity index (χ0) is 13.9. The van der Waals surface area contributed by atoms with E-state index < -0.39 is 0 Å². The molecule has 1 N–H and O–H groups in total. The minimum Gasteiger partial charge on any atom is -0.508 e. The Morgan fingerprint density at radius 1 is 1.10 bits per heavy atom. The second kappa shape index (κ2) is 6.17. The lowest BCUT2D eigenvalue weighted by molar-refractivity contribution is 0.143. The number of hydrogen-bond donors (Lipinski definition) is 1. The van der Waals surface area contributed by atoms with Crippen molar-refractivity contribution in [2.45, 2.75) is 64.0 Å². The van der Waals surface area contributed by atoms with E-state index >= 15 is 0 Å². The lowest BCUT2D eigenvalue weighted by Crippen LogP contribution is -2.41. The molecule has 0 spiro atoms. The Kier molecular flexibility index (Phi) is 4.30. The largest absolute Gasteiger partial charge is 0.508 e. The van der Waals surface area contributed by atoms with Gasteiger partial charge in [-0.1, -0.05) is 25.0 Å². The standard InChI is InChI=1S/C18H27NO/c1-14(13-15-8-10-17(20)11-9-15)19-12-4-7-18(19)16-5-2-3-6-16/h8-11,14,16,18,20H,2-7,12-13H2,1H3. The van der Waals surface area contributed by atoms with Gasteiger partial charge in [-0.25, -0.2) is 0 Å². The molecule has 1 saturated heterocycles. The third-order valence-electron chi connectivity index (χ3n) is 5.32. The molecule has 20 heavy (non-hydrogen) atoms. The predicted octanol–water partition coefficient (Wildman–Crippen LogP) is 3.98. The normalized spacial score (nSPS) is 26.1.